The third-order valence-corrected chi connectivity index (χ3v) is 6.56. The fraction of sp³-hybridized carbons (Fsp3) is 0.692. The first-order valence-corrected chi connectivity index (χ1v) is 12.2. The molecule has 2 heterocycles. The van der Waals surface area contributed by atoms with Gasteiger partial charge in [-0.3, -0.25) is 0 Å². The minimum atomic E-state index is 0.531. The molecule has 0 radical (unpaired) electrons. The molecule has 28 heavy (non-hydrogen) atoms. The highest BCUT2D eigenvalue weighted by molar-refractivity contribution is 5.85. The number of nitrogens with one attached hydrogen (secondary N) is 2. The normalized spacial score (nSPS) is 16.5. The van der Waals surface area contributed by atoms with E-state index in [2.05, 4.69) is 41.5 Å². The molecule has 2 heteroatoms. The number of aromatic nitrogens is 1. The van der Waals surface area contributed by atoms with Crippen molar-refractivity contribution in [1.29, 1.82) is 0 Å². The molecular weight excluding hydrogens is 340 g/mol. The molecule has 0 fully saturated rings. The summed E-state index contributed by atoms with van der Waals surface area (Å²) < 4.78 is 0. The molecule has 1 aromatic heterocycles. The van der Waals surface area contributed by atoms with Crippen LogP contribution >= 0.6 is 0 Å². The maximum absolute atomic E-state index is 3.75. The minimum absolute atomic E-state index is 0.531. The Balaban J connectivity index is 1.24. The Morgan fingerprint density at radius 2 is 1.39 bits per heavy atom. The number of para-hydroxylation sites is 1. The van der Waals surface area contributed by atoms with Crippen molar-refractivity contribution in [2.45, 2.75) is 109 Å². The Morgan fingerprint density at radius 3 is 2.07 bits per heavy atom. The van der Waals surface area contributed by atoms with E-state index >= 15 is 0 Å². The number of hydrogen-bond donors (Lipinski definition) is 2. The molecule has 3 rings (SSSR count). The summed E-state index contributed by atoms with van der Waals surface area (Å²) in [6, 6.07) is 9.33. The van der Waals surface area contributed by atoms with Crippen molar-refractivity contribution < 1.29 is 0 Å². The molecule has 2 nitrogen and oxygen atoms in total. The maximum atomic E-state index is 3.75. The summed E-state index contributed by atoms with van der Waals surface area (Å²) in [5, 5.41) is 5.19. The molecule has 0 unspecified atom stereocenters. The standard InChI is InChI=1S/C26H42N2/c1-2-3-4-5-6-7-8-9-10-11-12-13-14-19-25-26-23(20-21-27-25)22-17-15-16-18-24(22)28-26/h15-18,25,27-28H,2-14,19-21H2,1H3/t25-/m1/s1. The largest absolute Gasteiger partial charge is 0.357 e. The van der Waals surface area contributed by atoms with Gasteiger partial charge < -0.3 is 10.3 Å². The summed E-state index contributed by atoms with van der Waals surface area (Å²) in [6.07, 6.45) is 21.0. The molecule has 2 N–H and O–H groups in total. The predicted octanol–water partition coefficient (Wildman–Crippen LogP) is 7.84. The monoisotopic (exact) mass is 382 g/mol. The second-order valence-corrected chi connectivity index (χ2v) is 8.85. The summed E-state index contributed by atoms with van der Waals surface area (Å²) in [7, 11) is 0. The Kier molecular flexibility index (Phi) is 9.43. The highest BCUT2D eigenvalue weighted by Crippen LogP contribution is 2.32. The first-order valence-electron chi connectivity index (χ1n) is 12.2. The van der Waals surface area contributed by atoms with Crippen molar-refractivity contribution in [2.24, 2.45) is 0 Å². The lowest BCUT2D eigenvalue weighted by atomic mass is 9.95. The van der Waals surface area contributed by atoms with E-state index in [1.54, 1.807) is 5.56 Å². The van der Waals surface area contributed by atoms with Crippen molar-refractivity contribution >= 4 is 10.9 Å². The van der Waals surface area contributed by atoms with Crippen LogP contribution in [0.4, 0.5) is 0 Å². The molecule has 0 saturated heterocycles. The van der Waals surface area contributed by atoms with Gasteiger partial charge in [-0.05, 0) is 31.0 Å². The molecule has 0 amide bonds. The van der Waals surface area contributed by atoms with Crippen LogP contribution in [0.2, 0.25) is 0 Å². The lowest BCUT2D eigenvalue weighted by molar-refractivity contribution is 0.441. The van der Waals surface area contributed by atoms with Crippen LogP contribution in [0, 0.1) is 0 Å². The van der Waals surface area contributed by atoms with Gasteiger partial charge in [0.15, 0.2) is 0 Å². The first kappa shape index (κ1) is 21.4. The zero-order chi connectivity index (χ0) is 19.4. The third kappa shape index (κ3) is 6.37. The molecular formula is C26H42N2. The average Bonchev–Trinajstić information content (AvgIpc) is 3.11. The molecule has 0 bridgehead atoms. The zero-order valence-electron chi connectivity index (χ0n) is 18.2. The maximum Gasteiger partial charge on any atom is 0.0476 e. The molecule has 156 valence electrons. The number of benzene rings is 1. The fourth-order valence-electron chi connectivity index (χ4n) is 4.87. The lowest BCUT2D eigenvalue weighted by Crippen LogP contribution is -2.29. The van der Waals surface area contributed by atoms with Gasteiger partial charge in [-0.25, -0.2) is 0 Å². The van der Waals surface area contributed by atoms with E-state index < -0.39 is 0 Å². The van der Waals surface area contributed by atoms with Crippen LogP contribution in [-0.4, -0.2) is 11.5 Å². The van der Waals surface area contributed by atoms with Crippen molar-refractivity contribution in [3.8, 4) is 0 Å². The van der Waals surface area contributed by atoms with Crippen molar-refractivity contribution in [3.63, 3.8) is 0 Å². The smallest absolute Gasteiger partial charge is 0.0476 e. The van der Waals surface area contributed by atoms with E-state index in [-0.39, 0.29) is 0 Å². The summed E-state index contributed by atoms with van der Waals surface area (Å²) in [5.41, 5.74) is 4.34. The van der Waals surface area contributed by atoms with Crippen LogP contribution in [0.5, 0.6) is 0 Å². The Labute approximate surface area is 172 Å². The summed E-state index contributed by atoms with van der Waals surface area (Å²) in [5.74, 6) is 0. The molecule has 1 aromatic carbocycles. The second kappa shape index (κ2) is 12.3. The topological polar surface area (TPSA) is 27.8 Å². The van der Waals surface area contributed by atoms with Crippen molar-refractivity contribution in [3.05, 3.63) is 35.5 Å². The highest BCUT2D eigenvalue weighted by Gasteiger charge is 2.23. The quantitative estimate of drug-likeness (QED) is 0.320. The van der Waals surface area contributed by atoms with Crippen molar-refractivity contribution in [1.82, 2.24) is 10.3 Å². The molecule has 0 saturated carbocycles. The van der Waals surface area contributed by atoms with E-state index in [0.29, 0.717) is 6.04 Å². The average molecular weight is 383 g/mol. The molecule has 1 aliphatic heterocycles. The summed E-state index contributed by atoms with van der Waals surface area (Å²) in [4.78, 5) is 3.70. The molecule has 1 atom stereocenters. The summed E-state index contributed by atoms with van der Waals surface area (Å²) in [6.45, 7) is 3.42. The van der Waals surface area contributed by atoms with Crippen LogP contribution in [0.25, 0.3) is 10.9 Å². The van der Waals surface area contributed by atoms with Gasteiger partial charge in [0.05, 0.1) is 0 Å². The Morgan fingerprint density at radius 1 is 0.786 bits per heavy atom. The highest BCUT2D eigenvalue weighted by atomic mass is 15.0. The Bertz CT molecular complexity index is 672. The van der Waals surface area contributed by atoms with E-state index in [4.69, 9.17) is 0 Å². The number of unbranched alkanes of at least 4 members (excludes halogenated alkanes) is 12. The number of aromatic amines is 1. The number of fused-ring (bicyclic) bond motifs is 3. The molecule has 2 aromatic rings. The van der Waals surface area contributed by atoms with Gasteiger partial charge >= 0.3 is 0 Å². The first-order chi connectivity index (χ1) is 13.9. The van der Waals surface area contributed by atoms with Crippen LogP contribution in [-0.2, 0) is 6.42 Å². The van der Waals surface area contributed by atoms with Gasteiger partial charge in [-0.1, -0.05) is 109 Å². The number of H-pyrrole nitrogens is 1. The van der Waals surface area contributed by atoms with Gasteiger partial charge in [0.1, 0.15) is 0 Å². The van der Waals surface area contributed by atoms with E-state index in [1.807, 2.05) is 0 Å². The Hall–Kier alpha value is -1.28. The molecule has 0 aliphatic carbocycles. The summed E-state index contributed by atoms with van der Waals surface area (Å²) >= 11 is 0. The van der Waals surface area contributed by atoms with Gasteiger partial charge in [0, 0.05) is 22.6 Å². The van der Waals surface area contributed by atoms with E-state index in [0.717, 1.165) is 13.0 Å². The predicted molar refractivity (Wildman–Crippen MR) is 123 cm³/mol. The molecule has 0 spiro atoms. The number of rotatable bonds is 14. The SMILES string of the molecule is CCCCCCCCCCCCCCC[C@H]1NCCc2c1[nH]c1ccccc21. The number of hydrogen-bond acceptors (Lipinski definition) is 1. The lowest BCUT2D eigenvalue weighted by Gasteiger charge is -2.24. The van der Waals surface area contributed by atoms with Gasteiger partial charge in [0.2, 0.25) is 0 Å². The van der Waals surface area contributed by atoms with Gasteiger partial charge in [-0.15, -0.1) is 0 Å². The minimum Gasteiger partial charge on any atom is -0.357 e. The van der Waals surface area contributed by atoms with Crippen LogP contribution in [0.1, 0.15) is 114 Å². The third-order valence-electron chi connectivity index (χ3n) is 6.56. The molecule has 1 aliphatic rings. The van der Waals surface area contributed by atoms with E-state index in [9.17, 15) is 0 Å². The zero-order valence-corrected chi connectivity index (χ0v) is 18.2. The second-order valence-electron chi connectivity index (χ2n) is 8.85. The van der Waals surface area contributed by atoms with Gasteiger partial charge in [-0.2, -0.15) is 0 Å². The van der Waals surface area contributed by atoms with E-state index in [1.165, 1.54) is 106 Å². The van der Waals surface area contributed by atoms with Gasteiger partial charge in [0.25, 0.3) is 0 Å². The van der Waals surface area contributed by atoms with Crippen LogP contribution in [0.15, 0.2) is 24.3 Å². The van der Waals surface area contributed by atoms with Crippen molar-refractivity contribution in [2.75, 3.05) is 6.54 Å². The van der Waals surface area contributed by atoms with Crippen LogP contribution < -0.4 is 5.32 Å². The van der Waals surface area contributed by atoms with Crippen LogP contribution in [0.3, 0.4) is 0 Å². The fourth-order valence-corrected chi connectivity index (χ4v) is 4.87.